The molecule has 0 aliphatic rings. The largest absolute Gasteiger partial charge is 0.220 e. The summed E-state index contributed by atoms with van der Waals surface area (Å²) >= 11 is 0. The first-order chi connectivity index (χ1) is 12.7. The smallest absolute Gasteiger partial charge is 0.200 e. The molecule has 0 bridgehead atoms. The number of aryl methyl sites for hydroxylation is 3. The topological polar surface area (TPSA) is 3.88 Å². The Morgan fingerprint density at radius 3 is 2.38 bits per heavy atom. The minimum absolute atomic E-state index is 1.06. The molecule has 0 spiro atoms. The van der Waals surface area contributed by atoms with Crippen molar-refractivity contribution in [1.29, 1.82) is 0 Å². The number of hydrogen-bond acceptors (Lipinski definition) is 0. The van der Waals surface area contributed by atoms with Crippen molar-refractivity contribution in [2.45, 2.75) is 20.3 Å². The van der Waals surface area contributed by atoms with Crippen LogP contribution in [0.15, 0.2) is 79.0 Å². The molecule has 0 saturated carbocycles. The average Bonchev–Trinajstić information content (AvgIpc) is 2.69. The highest BCUT2D eigenvalue weighted by Crippen LogP contribution is 2.31. The van der Waals surface area contributed by atoms with Gasteiger partial charge in [0.05, 0.1) is 5.39 Å². The zero-order valence-corrected chi connectivity index (χ0v) is 15.7. The van der Waals surface area contributed by atoms with E-state index in [2.05, 4.69) is 104 Å². The van der Waals surface area contributed by atoms with Crippen LogP contribution in [-0.2, 0) is 13.5 Å². The lowest BCUT2D eigenvalue weighted by Crippen LogP contribution is -2.30. The van der Waals surface area contributed by atoms with Gasteiger partial charge in [-0.15, -0.1) is 0 Å². The van der Waals surface area contributed by atoms with E-state index in [4.69, 9.17) is 0 Å². The second kappa shape index (κ2) is 6.76. The molecule has 1 heteroatoms. The van der Waals surface area contributed by atoms with Gasteiger partial charge in [0.1, 0.15) is 7.05 Å². The van der Waals surface area contributed by atoms with Crippen molar-refractivity contribution in [3.05, 3.63) is 90.1 Å². The highest BCUT2D eigenvalue weighted by Gasteiger charge is 2.17. The summed E-state index contributed by atoms with van der Waals surface area (Å²) in [4.78, 5) is 0. The second-order valence-corrected chi connectivity index (χ2v) is 6.95. The van der Waals surface area contributed by atoms with Crippen LogP contribution in [0.25, 0.3) is 33.2 Å². The quantitative estimate of drug-likeness (QED) is 0.411. The Labute approximate surface area is 155 Å². The van der Waals surface area contributed by atoms with Gasteiger partial charge in [-0.1, -0.05) is 55.5 Å². The van der Waals surface area contributed by atoms with E-state index < -0.39 is 0 Å². The van der Waals surface area contributed by atoms with Crippen LogP contribution in [0.4, 0.5) is 0 Å². The summed E-state index contributed by atoms with van der Waals surface area (Å²) in [6, 6.07) is 26.4. The van der Waals surface area contributed by atoms with Crippen LogP contribution >= 0.6 is 0 Å². The molecule has 0 N–H and O–H groups in total. The number of benzene rings is 3. The third-order valence-corrected chi connectivity index (χ3v) is 5.21. The minimum Gasteiger partial charge on any atom is -0.200 e. The van der Waals surface area contributed by atoms with Crippen LogP contribution in [0.1, 0.15) is 18.1 Å². The van der Waals surface area contributed by atoms with E-state index in [9.17, 15) is 0 Å². The van der Waals surface area contributed by atoms with E-state index in [1.165, 1.54) is 44.3 Å². The van der Waals surface area contributed by atoms with Crippen LogP contribution in [0.2, 0.25) is 0 Å². The fourth-order valence-electron chi connectivity index (χ4n) is 3.66. The second-order valence-electron chi connectivity index (χ2n) is 6.95. The molecule has 0 unspecified atom stereocenters. The lowest BCUT2D eigenvalue weighted by atomic mass is 9.95. The van der Waals surface area contributed by atoms with Gasteiger partial charge in [-0.3, -0.25) is 0 Å². The summed E-state index contributed by atoms with van der Waals surface area (Å²) in [5.74, 6) is 0. The van der Waals surface area contributed by atoms with Crippen molar-refractivity contribution in [2.75, 3.05) is 0 Å². The van der Waals surface area contributed by atoms with E-state index in [-0.39, 0.29) is 0 Å². The van der Waals surface area contributed by atoms with Crippen molar-refractivity contribution >= 4 is 10.8 Å². The van der Waals surface area contributed by atoms with Gasteiger partial charge in [-0.25, -0.2) is 4.57 Å². The Hall–Kier alpha value is -2.93. The molecule has 1 nitrogen and oxygen atoms in total. The first-order valence-corrected chi connectivity index (χ1v) is 9.25. The van der Waals surface area contributed by atoms with Gasteiger partial charge in [0, 0.05) is 11.6 Å². The lowest BCUT2D eigenvalue weighted by Gasteiger charge is -2.11. The summed E-state index contributed by atoms with van der Waals surface area (Å²) in [7, 11) is 2.14. The van der Waals surface area contributed by atoms with E-state index in [0.717, 1.165) is 6.42 Å². The standard InChI is InChI=1S/C25H24N/c1-4-19-11-10-18(2)24(16-19)25-23-13-12-21(20-8-6-5-7-9-20)17-22(23)14-15-26(25)3/h5-17H,4H2,1-3H3/q+1. The molecule has 3 aromatic carbocycles. The Balaban J connectivity index is 1.95. The maximum atomic E-state index is 2.34. The van der Waals surface area contributed by atoms with E-state index in [0.29, 0.717) is 0 Å². The van der Waals surface area contributed by atoms with Crippen molar-refractivity contribution < 1.29 is 4.57 Å². The molecule has 0 aliphatic heterocycles. The summed E-state index contributed by atoms with van der Waals surface area (Å²) < 4.78 is 2.24. The molecule has 1 heterocycles. The molecule has 4 rings (SSSR count). The van der Waals surface area contributed by atoms with Gasteiger partial charge >= 0.3 is 0 Å². The molecule has 1 aromatic heterocycles. The first-order valence-electron chi connectivity index (χ1n) is 9.25. The number of hydrogen-bond donors (Lipinski definition) is 0. The summed E-state index contributed by atoms with van der Waals surface area (Å²) in [6.45, 7) is 4.41. The van der Waals surface area contributed by atoms with Crippen molar-refractivity contribution in [3.8, 4) is 22.4 Å². The molecular formula is C25H24N+. The fraction of sp³-hybridized carbons (Fsp3) is 0.160. The van der Waals surface area contributed by atoms with Crippen molar-refractivity contribution in [1.82, 2.24) is 0 Å². The molecule has 128 valence electrons. The predicted octanol–water partition coefficient (Wildman–Crippen LogP) is 5.87. The number of aromatic nitrogens is 1. The minimum atomic E-state index is 1.06. The van der Waals surface area contributed by atoms with E-state index in [1.807, 2.05) is 0 Å². The summed E-state index contributed by atoms with van der Waals surface area (Å²) in [5.41, 5.74) is 7.83. The third kappa shape index (κ3) is 2.90. The maximum absolute atomic E-state index is 2.34. The number of fused-ring (bicyclic) bond motifs is 1. The van der Waals surface area contributed by atoms with Gasteiger partial charge in [-0.05, 0) is 59.2 Å². The van der Waals surface area contributed by atoms with E-state index in [1.54, 1.807) is 0 Å². The zero-order valence-electron chi connectivity index (χ0n) is 15.7. The highest BCUT2D eigenvalue weighted by atomic mass is 14.9. The van der Waals surface area contributed by atoms with Crippen LogP contribution in [-0.4, -0.2) is 0 Å². The molecule has 4 aromatic rings. The Morgan fingerprint density at radius 2 is 1.62 bits per heavy atom. The van der Waals surface area contributed by atoms with Crippen LogP contribution < -0.4 is 4.57 Å². The monoisotopic (exact) mass is 338 g/mol. The van der Waals surface area contributed by atoms with Crippen LogP contribution in [0.5, 0.6) is 0 Å². The average molecular weight is 338 g/mol. The van der Waals surface area contributed by atoms with Crippen LogP contribution in [0, 0.1) is 6.92 Å². The number of pyridine rings is 1. The number of rotatable bonds is 3. The molecule has 0 aliphatic carbocycles. The molecular weight excluding hydrogens is 314 g/mol. The van der Waals surface area contributed by atoms with Gasteiger partial charge in [-0.2, -0.15) is 0 Å². The summed E-state index contributed by atoms with van der Waals surface area (Å²) in [5, 5.41) is 2.58. The number of nitrogens with zero attached hydrogens (tertiary/aromatic N) is 1. The molecule has 26 heavy (non-hydrogen) atoms. The molecule has 0 radical (unpaired) electrons. The van der Waals surface area contributed by atoms with E-state index >= 15 is 0 Å². The first kappa shape index (κ1) is 16.5. The van der Waals surface area contributed by atoms with Crippen molar-refractivity contribution in [3.63, 3.8) is 0 Å². The Bertz CT molecular complexity index is 1080. The predicted molar refractivity (Wildman–Crippen MR) is 110 cm³/mol. The lowest BCUT2D eigenvalue weighted by molar-refractivity contribution is -0.659. The van der Waals surface area contributed by atoms with Crippen molar-refractivity contribution in [2.24, 2.45) is 7.05 Å². The van der Waals surface area contributed by atoms with Crippen LogP contribution in [0.3, 0.4) is 0 Å². The molecule has 0 amide bonds. The molecule has 0 fully saturated rings. The third-order valence-electron chi connectivity index (χ3n) is 5.21. The van der Waals surface area contributed by atoms with Gasteiger partial charge < -0.3 is 0 Å². The highest BCUT2D eigenvalue weighted by molar-refractivity contribution is 5.96. The summed E-state index contributed by atoms with van der Waals surface area (Å²) in [6.07, 6.45) is 3.23. The fourth-order valence-corrected chi connectivity index (χ4v) is 3.66. The van der Waals surface area contributed by atoms with Gasteiger partial charge in [0.2, 0.25) is 5.69 Å². The van der Waals surface area contributed by atoms with Gasteiger partial charge in [0.15, 0.2) is 6.20 Å². The normalized spacial score (nSPS) is 11.0. The zero-order chi connectivity index (χ0) is 18.1. The molecule has 0 saturated heterocycles. The maximum Gasteiger partial charge on any atom is 0.220 e. The Kier molecular flexibility index (Phi) is 4.30. The van der Waals surface area contributed by atoms with Gasteiger partial charge in [0.25, 0.3) is 0 Å². The molecule has 0 atom stereocenters. The Morgan fingerprint density at radius 1 is 0.808 bits per heavy atom. The SMILES string of the molecule is CCc1ccc(C)c(-c2c3ccc(-c4ccccc4)cc3cc[n+]2C)c1.